The van der Waals surface area contributed by atoms with Crippen LogP contribution in [-0.4, -0.2) is 77.8 Å². The summed E-state index contributed by atoms with van der Waals surface area (Å²) < 4.78 is 63.9. The quantitative estimate of drug-likeness (QED) is 0.0385. The zero-order valence-corrected chi connectivity index (χ0v) is 52.3. The number of aromatic carboxylic acids is 1. The molecule has 0 radical (unpaired) electrons. The van der Waals surface area contributed by atoms with Crippen molar-refractivity contribution < 1.29 is 71.5 Å². The Bertz CT molecular complexity index is 2880. The number of hydrogen-bond acceptors (Lipinski definition) is 21. The Kier molecular flexibility index (Phi) is 46.5. The Morgan fingerprint density at radius 3 is 1.44 bits per heavy atom. The van der Waals surface area contributed by atoms with Crippen molar-refractivity contribution in [3.05, 3.63) is 132 Å². The van der Waals surface area contributed by atoms with Gasteiger partial charge < -0.3 is 64.3 Å². The molecule has 0 spiro atoms. The van der Waals surface area contributed by atoms with Gasteiger partial charge in [-0.2, -0.15) is 21.4 Å². The van der Waals surface area contributed by atoms with Crippen LogP contribution in [0.4, 0.5) is 34.1 Å². The Hall–Kier alpha value is -4.35. The number of nitrogens with two attached hydrogens (primary N) is 5. The molecule has 21 nitrogen and oxygen atoms in total. The van der Waals surface area contributed by atoms with Gasteiger partial charge in [-0.1, -0.05) is 43.3 Å². The zero-order valence-electron chi connectivity index (χ0n) is 40.7. The van der Waals surface area contributed by atoms with Crippen molar-refractivity contribution >= 4 is 197 Å². The van der Waals surface area contributed by atoms with E-state index in [1.54, 1.807) is 36.9 Å². The molecule has 1 aliphatic rings. The molecule has 5 aromatic rings. The van der Waals surface area contributed by atoms with Gasteiger partial charge in [0.15, 0.2) is 30.2 Å². The maximum atomic E-state index is 12.1. The number of rotatable bonds is 10. The number of anilines is 4. The molecule has 0 saturated carbocycles. The minimum absolute atomic E-state index is 0. The second kappa shape index (κ2) is 46.6. The number of carbonyl (C=O) groups excluding carboxylic acids is 2. The maximum absolute atomic E-state index is 12.1. The van der Waals surface area contributed by atoms with Crippen molar-refractivity contribution in [1.29, 1.82) is 0 Å². The molecular formula is C42H51Cl3N9O12P3S8. The summed E-state index contributed by atoms with van der Waals surface area (Å²) >= 11 is 6.75. The highest BCUT2D eigenvalue weighted by molar-refractivity contribution is 8.35. The number of carboxylic acids is 1. The van der Waals surface area contributed by atoms with Crippen LogP contribution in [0.5, 0.6) is 0 Å². The number of hydrogen-bond donors (Lipinski definition) is 6. The first-order valence-corrected chi connectivity index (χ1v) is 33.3. The highest BCUT2D eigenvalue weighted by atomic mass is 36.0. The van der Waals surface area contributed by atoms with Crippen LogP contribution in [-0.2, 0) is 93.3 Å². The molecule has 11 N–H and O–H groups in total. The van der Waals surface area contributed by atoms with Crippen molar-refractivity contribution in [2.45, 2.75) is 26.2 Å². The average molecular weight is 1330 g/mol. The standard InChI is InChI=1S/C12H12N3O6S3.C9H12N2O.C7H8N2O2.2C6H5OPS2.CH4NP.CH5N.Cl2OS.ClH/c1-15-4-2-3-11(15)20-24(19)21-12(16)8-5-9(13-22-17)7-10(6-8)14-23-18;1-2-9(12)6-3-7(10)5-8(11)4-6;8-5-1-4(7(10)11)2-6(9)3-5;2*7-8(10-9)6-4-2-1-3-5-6;1-2-3;1-2;1-4(2)3;/h5-7H,2-4H2,1H3;3-5H,2,10-11H2,1H3;1-3H,8-9H2,(H,10,11);2*1-5H;3H,1H3;2H2,1H3;;1H/q+1;;;;;;;;/p-1. The van der Waals surface area contributed by atoms with Crippen LogP contribution in [0.2, 0.25) is 0 Å². The number of carboxylic acid groups (broad SMARTS) is 1. The minimum Gasteiger partial charge on any atom is -1.00 e. The molecule has 5 aromatic carbocycles. The normalized spacial score (nSPS) is 10.9. The van der Waals surface area contributed by atoms with Gasteiger partial charge in [-0.3, -0.25) is 9.54 Å². The predicted molar refractivity (Wildman–Crippen MR) is 321 cm³/mol. The van der Waals surface area contributed by atoms with Gasteiger partial charge in [0.1, 0.15) is 32.6 Å². The fraction of sp³-hybridized carbons (Fsp3) is 0.190. The molecule has 6 rings (SSSR count). The van der Waals surface area contributed by atoms with E-state index in [1.807, 2.05) is 67.6 Å². The Morgan fingerprint density at radius 1 is 0.753 bits per heavy atom. The predicted octanol–water partition coefficient (Wildman–Crippen LogP) is 2.94. The monoisotopic (exact) mass is 1330 g/mol. The number of carbonyl (C=O) groups is 3. The summed E-state index contributed by atoms with van der Waals surface area (Å²) in [7, 11) is 17.1. The fourth-order valence-corrected chi connectivity index (χ4v) is 9.83. The van der Waals surface area contributed by atoms with Crippen LogP contribution in [0.1, 0.15) is 57.3 Å². The van der Waals surface area contributed by atoms with Crippen molar-refractivity contribution in [3.63, 3.8) is 0 Å². The van der Waals surface area contributed by atoms with E-state index in [0.717, 1.165) is 42.6 Å². The summed E-state index contributed by atoms with van der Waals surface area (Å²) in [6.45, 7) is -0.204. The van der Waals surface area contributed by atoms with Gasteiger partial charge in [-0.05, 0) is 94.9 Å². The van der Waals surface area contributed by atoms with Crippen LogP contribution in [0, 0.1) is 0 Å². The second-order valence-electron chi connectivity index (χ2n) is 13.2. The molecule has 1 heterocycles. The van der Waals surface area contributed by atoms with Crippen LogP contribution in [0.25, 0.3) is 0 Å². The lowest BCUT2D eigenvalue weighted by molar-refractivity contribution is -0.495. The van der Waals surface area contributed by atoms with E-state index in [1.165, 1.54) is 43.4 Å². The van der Waals surface area contributed by atoms with Gasteiger partial charge in [-0.25, -0.2) is 18.4 Å². The van der Waals surface area contributed by atoms with E-state index < -0.39 is 46.4 Å². The molecule has 0 aliphatic carbocycles. The van der Waals surface area contributed by atoms with Crippen LogP contribution < -0.4 is 61.5 Å². The van der Waals surface area contributed by atoms with E-state index in [0.29, 0.717) is 47.1 Å². The Balaban J connectivity index is -0.000000890. The highest BCUT2D eigenvalue weighted by Gasteiger charge is 2.25. The molecule has 0 amide bonds. The SMILES string of the molecule is CCC(=O)c1cc(N)cc(N)c1.CN.CN=P.C[N+]1=C(OS(=O)OC(=O)c2cc(N=S=O)cc(N=S=O)c2)CCC1.Nc1cc(N)cc(C(=O)O)c1.O=S(Cl)Cl.[Cl-].[O-][P+](=S=S)c1ccccc1.[O-][P+](=S=S)c1ccccc1. The summed E-state index contributed by atoms with van der Waals surface area (Å²) in [4.78, 5) is 55.7. The third kappa shape index (κ3) is 36.5. The molecule has 0 aromatic heterocycles. The van der Waals surface area contributed by atoms with E-state index in [2.05, 4.69) is 72.0 Å². The third-order valence-electron chi connectivity index (χ3n) is 7.96. The van der Waals surface area contributed by atoms with E-state index in [4.69, 9.17) is 40.6 Å². The highest BCUT2D eigenvalue weighted by Crippen LogP contribution is 2.24. The third-order valence-corrected chi connectivity index (χ3v) is 15.4. The van der Waals surface area contributed by atoms with Crippen LogP contribution in [0.15, 0.2) is 129 Å². The molecule has 3 atom stereocenters. The van der Waals surface area contributed by atoms with Gasteiger partial charge in [-0.15, -0.1) is 0 Å². The van der Waals surface area contributed by atoms with Crippen molar-refractivity contribution in [2.24, 2.45) is 19.2 Å². The Morgan fingerprint density at radius 2 is 1.13 bits per heavy atom. The molecule has 35 heteroatoms. The van der Waals surface area contributed by atoms with Gasteiger partial charge in [0.25, 0.3) is 0 Å². The summed E-state index contributed by atoms with van der Waals surface area (Å²) in [5.74, 6) is -1.43. The van der Waals surface area contributed by atoms with Gasteiger partial charge in [0, 0.05) is 91.9 Å². The lowest BCUT2D eigenvalue weighted by Crippen LogP contribution is -3.00. The van der Waals surface area contributed by atoms with E-state index in [-0.39, 0.29) is 63.6 Å². The summed E-state index contributed by atoms with van der Waals surface area (Å²) in [6, 6.07) is 31.5. The topological polar surface area (TPSA) is 374 Å². The molecule has 77 heavy (non-hydrogen) atoms. The summed E-state index contributed by atoms with van der Waals surface area (Å²) in [5, 5.41) is 10.2. The summed E-state index contributed by atoms with van der Waals surface area (Å²) in [5.41, 5.74) is 29.0. The van der Waals surface area contributed by atoms with Crippen molar-refractivity contribution in [2.75, 3.05) is 50.6 Å². The zero-order chi connectivity index (χ0) is 58.2. The van der Waals surface area contributed by atoms with E-state index >= 15 is 0 Å². The number of ketones is 1. The average Bonchev–Trinajstić information content (AvgIpc) is 3.79. The first-order valence-electron chi connectivity index (χ1n) is 20.4. The van der Waals surface area contributed by atoms with Gasteiger partial charge >= 0.3 is 29.2 Å². The molecule has 1 aliphatic heterocycles. The van der Waals surface area contributed by atoms with Crippen LogP contribution >= 0.6 is 44.2 Å². The summed E-state index contributed by atoms with van der Waals surface area (Å²) in [6.07, 6.45) is 1.95. The molecular weight excluding hydrogens is 1280 g/mol. The maximum Gasteiger partial charge on any atom is 0.424 e. The second-order valence-corrected chi connectivity index (χ2v) is 25.6. The number of nitrogen functional groups attached to an aromatic ring is 4. The van der Waals surface area contributed by atoms with Crippen LogP contribution in [0.3, 0.4) is 0 Å². The number of halogens is 3. The van der Waals surface area contributed by atoms with Gasteiger partial charge in [0.2, 0.25) is 32.2 Å². The van der Waals surface area contributed by atoms with E-state index in [9.17, 15) is 36.8 Å². The van der Waals surface area contributed by atoms with Crippen molar-refractivity contribution in [1.82, 2.24) is 0 Å². The lowest BCUT2D eigenvalue weighted by Gasteiger charge is -2.04. The molecule has 3 unspecified atom stereocenters. The molecule has 0 saturated heterocycles. The number of Topliss-reactive ketones (excluding diaryl/α,β-unsaturated/α-hetero) is 1. The molecule has 0 fully saturated rings. The van der Waals surface area contributed by atoms with Crippen molar-refractivity contribution in [3.8, 4) is 0 Å². The van der Waals surface area contributed by atoms with Gasteiger partial charge in [0.05, 0.1) is 28.9 Å². The molecule has 0 bridgehead atoms. The fourth-order valence-electron chi connectivity index (χ4n) is 5.03. The lowest BCUT2D eigenvalue weighted by atomic mass is 10.1. The number of nitrogens with zero attached hydrogens (tertiary/aromatic N) is 4. The molecule has 420 valence electrons. The minimum atomic E-state index is -2.31. The smallest absolute Gasteiger partial charge is 0.424 e. The number of benzene rings is 5. The first-order chi connectivity index (χ1) is 36.1. The Labute approximate surface area is 492 Å². The largest absolute Gasteiger partial charge is 1.00 e. The first kappa shape index (κ1) is 76.9.